The highest BCUT2D eigenvalue weighted by molar-refractivity contribution is 8.03. The molecular formula is C26H36ClNO2S. The van der Waals surface area contributed by atoms with Gasteiger partial charge in [0.25, 0.3) is 6.47 Å². The van der Waals surface area contributed by atoms with Gasteiger partial charge in [-0.3, -0.25) is 4.79 Å². The smallest absolute Gasteiger partial charge is 0.290 e. The molecule has 1 N–H and O–H groups in total. The van der Waals surface area contributed by atoms with Gasteiger partial charge >= 0.3 is 0 Å². The minimum atomic E-state index is -0.250. The maximum Gasteiger partial charge on any atom is 0.290 e. The number of alkyl halides is 1. The molecule has 2 aromatic rings. The van der Waals surface area contributed by atoms with E-state index in [1.807, 2.05) is 24.8 Å². The lowest BCUT2D eigenvalue weighted by Gasteiger charge is -2.17. The number of hydrogen-bond acceptors (Lipinski definition) is 2. The molecular weight excluding hydrogens is 426 g/mol. The van der Waals surface area contributed by atoms with E-state index in [9.17, 15) is 0 Å². The minimum Gasteiger partial charge on any atom is -0.483 e. The standard InChI is InChI=1S/C21H27NS.C4H7Cl.CH2O2/c1-6-9-16(5)23-21-18-10-7-8-11-22(18)19-13-15(4)12-17(14(2)3)20(19)21;1-3-4(2)5;2-1-3/h6,9,12-14H,1,7-8,10-11H2,2-5H3;3-4H,1H2,2H3;1H,(H,2,3)/b16-9+;;. The van der Waals surface area contributed by atoms with Gasteiger partial charge in [-0.2, -0.15) is 0 Å². The van der Waals surface area contributed by atoms with Gasteiger partial charge in [0.1, 0.15) is 0 Å². The van der Waals surface area contributed by atoms with E-state index in [-0.39, 0.29) is 11.8 Å². The molecule has 1 aliphatic rings. The molecule has 1 aliphatic heterocycles. The van der Waals surface area contributed by atoms with Crippen LogP contribution in [0.1, 0.15) is 63.3 Å². The molecule has 0 spiro atoms. The average Bonchev–Trinajstić information content (AvgIpc) is 3.02. The molecule has 3 nitrogen and oxygen atoms in total. The van der Waals surface area contributed by atoms with Crippen molar-refractivity contribution in [3.8, 4) is 0 Å². The van der Waals surface area contributed by atoms with E-state index in [0.29, 0.717) is 5.92 Å². The fraction of sp³-hybridized carbons (Fsp3) is 0.423. The first kappa shape index (κ1) is 27.1. The van der Waals surface area contributed by atoms with Gasteiger partial charge in [0.15, 0.2) is 0 Å². The predicted octanol–water partition coefficient (Wildman–Crippen LogP) is 8.09. The molecule has 0 aliphatic carbocycles. The van der Waals surface area contributed by atoms with Gasteiger partial charge in [-0.05, 0) is 68.0 Å². The quantitative estimate of drug-likeness (QED) is 0.161. The van der Waals surface area contributed by atoms with Crippen molar-refractivity contribution < 1.29 is 9.90 Å². The van der Waals surface area contributed by atoms with Crippen LogP contribution in [0.25, 0.3) is 10.9 Å². The van der Waals surface area contributed by atoms with Crippen molar-refractivity contribution in [1.82, 2.24) is 4.57 Å². The fourth-order valence-electron chi connectivity index (χ4n) is 3.66. The van der Waals surface area contributed by atoms with Crippen molar-refractivity contribution in [3.63, 3.8) is 0 Å². The molecule has 0 amide bonds. The van der Waals surface area contributed by atoms with E-state index >= 15 is 0 Å². The van der Waals surface area contributed by atoms with Gasteiger partial charge in [0.05, 0.1) is 0 Å². The molecule has 3 rings (SSSR count). The highest BCUT2D eigenvalue weighted by Crippen LogP contribution is 2.43. The summed E-state index contributed by atoms with van der Waals surface area (Å²) in [5.74, 6) is 0.546. The Morgan fingerprint density at radius 3 is 2.39 bits per heavy atom. The van der Waals surface area contributed by atoms with Gasteiger partial charge in [-0.1, -0.05) is 56.5 Å². The Bertz CT molecular complexity index is 925. The zero-order valence-electron chi connectivity index (χ0n) is 19.5. The van der Waals surface area contributed by atoms with Crippen molar-refractivity contribution in [1.29, 1.82) is 0 Å². The summed E-state index contributed by atoms with van der Waals surface area (Å²) in [7, 11) is 0. The van der Waals surface area contributed by atoms with Gasteiger partial charge in [-0.25, -0.2) is 0 Å². The lowest BCUT2D eigenvalue weighted by Crippen LogP contribution is -2.09. The summed E-state index contributed by atoms with van der Waals surface area (Å²) < 4.78 is 2.58. The number of hydrogen-bond donors (Lipinski definition) is 1. The van der Waals surface area contributed by atoms with E-state index < -0.39 is 0 Å². The number of benzene rings is 1. The Balaban J connectivity index is 0.000000519. The fourth-order valence-corrected chi connectivity index (χ4v) is 4.80. The molecule has 1 aromatic carbocycles. The Morgan fingerprint density at radius 1 is 1.26 bits per heavy atom. The number of nitrogens with zero attached hydrogens (tertiary/aromatic N) is 1. The third kappa shape index (κ3) is 7.62. The second-order valence-electron chi connectivity index (χ2n) is 7.92. The highest BCUT2D eigenvalue weighted by Gasteiger charge is 2.23. The number of thioether (sulfide) groups is 1. The minimum absolute atomic E-state index is 0.120. The van der Waals surface area contributed by atoms with Gasteiger partial charge in [0, 0.05) is 33.4 Å². The Hall–Kier alpha value is -1.91. The van der Waals surface area contributed by atoms with E-state index in [1.165, 1.54) is 51.1 Å². The normalized spacial score (nSPS) is 14.0. The zero-order valence-corrected chi connectivity index (χ0v) is 21.0. The van der Waals surface area contributed by atoms with Gasteiger partial charge in [0.2, 0.25) is 0 Å². The van der Waals surface area contributed by atoms with Crippen LogP contribution in [0.4, 0.5) is 0 Å². The molecule has 1 unspecified atom stereocenters. The van der Waals surface area contributed by atoms with Crippen LogP contribution in [0.5, 0.6) is 0 Å². The van der Waals surface area contributed by atoms with Crippen LogP contribution in [-0.4, -0.2) is 21.5 Å². The molecule has 31 heavy (non-hydrogen) atoms. The molecule has 0 saturated carbocycles. The third-order valence-electron chi connectivity index (χ3n) is 5.01. The first-order valence-electron chi connectivity index (χ1n) is 10.7. The summed E-state index contributed by atoms with van der Waals surface area (Å²) >= 11 is 7.27. The number of carbonyl (C=O) groups is 1. The molecule has 0 bridgehead atoms. The van der Waals surface area contributed by atoms with E-state index in [4.69, 9.17) is 21.5 Å². The molecule has 1 aromatic heterocycles. The van der Waals surface area contributed by atoms with Crippen LogP contribution in [-0.2, 0) is 17.8 Å². The van der Waals surface area contributed by atoms with Crippen LogP contribution in [0, 0.1) is 6.92 Å². The predicted molar refractivity (Wildman–Crippen MR) is 138 cm³/mol. The number of rotatable bonds is 5. The number of fused-ring (bicyclic) bond motifs is 3. The van der Waals surface area contributed by atoms with Crippen LogP contribution >= 0.6 is 23.4 Å². The topological polar surface area (TPSA) is 42.2 Å². The first-order valence-corrected chi connectivity index (χ1v) is 11.9. The van der Waals surface area contributed by atoms with Crippen molar-refractivity contribution in [2.75, 3.05) is 0 Å². The van der Waals surface area contributed by atoms with Gasteiger partial charge in [-0.15, -0.1) is 18.2 Å². The molecule has 0 saturated heterocycles. The summed E-state index contributed by atoms with van der Waals surface area (Å²) in [6.45, 7) is 19.1. The maximum atomic E-state index is 8.36. The van der Waals surface area contributed by atoms with Crippen LogP contribution in [0.2, 0.25) is 0 Å². The summed E-state index contributed by atoms with van der Waals surface area (Å²) in [5.41, 5.74) is 5.86. The van der Waals surface area contributed by atoms with Crippen LogP contribution in [0.3, 0.4) is 0 Å². The summed E-state index contributed by atoms with van der Waals surface area (Å²) in [6, 6.07) is 4.77. The van der Waals surface area contributed by atoms with Gasteiger partial charge < -0.3 is 9.67 Å². The number of carboxylic acid groups (broad SMARTS) is 1. The summed E-state index contributed by atoms with van der Waals surface area (Å²) in [5, 5.41) is 8.50. The summed E-state index contributed by atoms with van der Waals surface area (Å²) in [4.78, 5) is 11.2. The first-order chi connectivity index (χ1) is 14.7. The van der Waals surface area contributed by atoms with Crippen molar-refractivity contribution >= 4 is 40.7 Å². The Labute approximate surface area is 196 Å². The zero-order chi connectivity index (χ0) is 23.6. The van der Waals surface area contributed by atoms with Crippen molar-refractivity contribution in [2.24, 2.45) is 0 Å². The monoisotopic (exact) mass is 461 g/mol. The van der Waals surface area contributed by atoms with E-state index in [0.717, 1.165) is 6.54 Å². The second kappa shape index (κ2) is 13.5. The third-order valence-corrected chi connectivity index (χ3v) is 6.29. The van der Waals surface area contributed by atoms with Crippen molar-refractivity contribution in [2.45, 2.75) is 76.6 Å². The number of aryl methyl sites for hydroxylation is 2. The average molecular weight is 462 g/mol. The second-order valence-corrected chi connectivity index (χ2v) is 9.87. The lowest BCUT2D eigenvalue weighted by atomic mass is 9.97. The SMILES string of the molecule is C=C/C=C(\C)Sc1c2n(c3cc(C)cc(C(C)C)c13)CCCC2.C=CC(C)Cl.O=CO. The van der Waals surface area contributed by atoms with Crippen LogP contribution in [0.15, 0.2) is 53.3 Å². The number of allylic oxidation sites excluding steroid dienone is 4. The Kier molecular flexibility index (Phi) is 11.8. The van der Waals surface area contributed by atoms with E-state index in [1.54, 1.807) is 11.8 Å². The molecule has 1 atom stereocenters. The molecule has 0 radical (unpaired) electrons. The largest absolute Gasteiger partial charge is 0.483 e. The summed E-state index contributed by atoms with van der Waals surface area (Å²) in [6.07, 6.45) is 9.50. The number of aromatic nitrogens is 1. The molecule has 5 heteroatoms. The van der Waals surface area contributed by atoms with Crippen molar-refractivity contribution in [3.05, 3.63) is 65.2 Å². The van der Waals surface area contributed by atoms with Crippen LogP contribution < -0.4 is 0 Å². The molecule has 2 heterocycles. The maximum absolute atomic E-state index is 8.36. The Morgan fingerprint density at radius 2 is 1.87 bits per heavy atom. The molecule has 0 fully saturated rings. The lowest BCUT2D eigenvalue weighted by molar-refractivity contribution is -0.122. The molecule has 170 valence electrons. The van der Waals surface area contributed by atoms with E-state index in [2.05, 4.69) is 63.6 Å². The number of halogens is 1. The highest BCUT2D eigenvalue weighted by atomic mass is 35.5.